The van der Waals surface area contributed by atoms with Gasteiger partial charge in [0.25, 0.3) is 0 Å². The number of hydrogen-bond donors (Lipinski definition) is 0. The van der Waals surface area contributed by atoms with Gasteiger partial charge in [0, 0.05) is 5.88 Å². The SMILES string of the molecule is CCCOc1cccc(C2CC2CCl)c1. The monoisotopic (exact) mass is 224 g/mol. The van der Waals surface area contributed by atoms with Crippen LogP contribution in [0.4, 0.5) is 0 Å². The summed E-state index contributed by atoms with van der Waals surface area (Å²) in [6, 6.07) is 8.43. The minimum Gasteiger partial charge on any atom is -0.494 e. The molecule has 1 saturated carbocycles. The first-order valence-electron chi connectivity index (χ1n) is 5.64. The van der Waals surface area contributed by atoms with E-state index in [0.717, 1.165) is 24.7 Å². The molecular formula is C13H17ClO. The van der Waals surface area contributed by atoms with Crippen LogP contribution in [-0.2, 0) is 0 Å². The molecular weight excluding hydrogens is 208 g/mol. The Morgan fingerprint density at radius 2 is 2.33 bits per heavy atom. The van der Waals surface area contributed by atoms with Gasteiger partial charge in [-0.2, -0.15) is 0 Å². The zero-order valence-electron chi connectivity index (χ0n) is 9.08. The second-order valence-electron chi connectivity index (χ2n) is 4.18. The van der Waals surface area contributed by atoms with Crippen LogP contribution in [0.5, 0.6) is 5.75 Å². The summed E-state index contributed by atoms with van der Waals surface area (Å²) in [5.74, 6) is 3.14. The highest BCUT2D eigenvalue weighted by atomic mass is 35.5. The molecule has 2 heteroatoms. The zero-order chi connectivity index (χ0) is 10.7. The molecule has 2 unspecified atom stereocenters. The third kappa shape index (κ3) is 2.66. The van der Waals surface area contributed by atoms with E-state index in [0.29, 0.717) is 11.8 Å². The van der Waals surface area contributed by atoms with E-state index < -0.39 is 0 Å². The molecule has 2 atom stereocenters. The molecule has 1 nitrogen and oxygen atoms in total. The fourth-order valence-corrected chi connectivity index (χ4v) is 2.22. The van der Waals surface area contributed by atoms with Crippen LogP contribution in [0.2, 0.25) is 0 Å². The summed E-state index contributed by atoms with van der Waals surface area (Å²) in [5, 5.41) is 0. The van der Waals surface area contributed by atoms with Crippen LogP contribution < -0.4 is 4.74 Å². The lowest BCUT2D eigenvalue weighted by atomic mass is 10.1. The number of benzene rings is 1. The standard InChI is InChI=1S/C13H17ClO/c1-2-6-15-12-5-3-4-10(7-12)13-8-11(13)9-14/h3-5,7,11,13H,2,6,8-9H2,1H3. The molecule has 0 bridgehead atoms. The fraction of sp³-hybridized carbons (Fsp3) is 0.538. The van der Waals surface area contributed by atoms with Crippen molar-refractivity contribution in [3.8, 4) is 5.75 Å². The number of ether oxygens (including phenoxy) is 1. The molecule has 0 saturated heterocycles. The normalized spacial score (nSPS) is 23.9. The maximum Gasteiger partial charge on any atom is 0.119 e. The third-order valence-electron chi connectivity index (χ3n) is 2.88. The molecule has 82 valence electrons. The summed E-state index contributed by atoms with van der Waals surface area (Å²) in [6.07, 6.45) is 2.29. The van der Waals surface area contributed by atoms with Crippen LogP contribution in [-0.4, -0.2) is 12.5 Å². The fourth-order valence-electron chi connectivity index (χ4n) is 1.88. The van der Waals surface area contributed by atoms with Crippen LogP contribution in [0.1, 0.15) is 31.2 Å². The van der Waals surface area contributed by atoms with Crippen LogP contribution >= 0.6 is 11.6 Å². The van der Waals surface area contributed by atoms with Gasteiger partial charge in [-0.25, -0.2) is 0 Å². The van der Waals surface area contributed by atoms with Gasteiger partial charge in [-0.15, -0.1) is 11.6 Å². The van der Waals surface area contributed by atoms with Gasteiger partial charge in [-0.3, -0.25) is 0 Å². The van der Waals surface area contributed by atoms with E-state index in [-0.39, 0.29) is 0 Å². The highest BCUT2D eigenvalue weighted by Crippen LogP contribution is 2.48. The average molecular weight is 225 g/mol. The number of rotatable bonds is 5. The van der Waals surface area contributed by atoms with Gasteiger partial charge in [-0.1, -0.05) is 19.1 Å². The number of alkyl halides is 1. The minimum atomic E-state index is 0.674. The van der Waals surface area contributed by atoms with E-state index in [1.54, 1.807) is 0 Å². The molecule has 0 spiro atoms. The Hall–Kier alpha value is -0.690. The molecule has 1 aliphatic carbocycles. The Labute approximate surface area is 96.4 Å². The summed E-state index contributed by atoms with van der Waals surface area (Å²) in [4.78, 5) is 0. The molecule has 0 radical (unpaired) electrons. The van der Waals surface area contributed by atoms with E-state index in [1.165, 1.54) is 12.0 Å². The largest absolute Gasteiger partial charge is 0.494 e. The van der Waals surface area contributed by atoms with Gasteiger partial charge >= 0.3 is 0 Å². The van der Waals surface area contributed by atoms with Crippen molar-refractivity contribution >= 4 is 11.6 Å². The smallest absolute Gasteiger partial charge is 0.119 e. The van der Waals surface area contributed by atoms with E-state index in [9.17, 15) is 0 Å². The highest BCUT2D eigenvalue weighted by Gasteiger charge is 2.37. The van der Waals surface area contributed by atoms with Crippen LogP contribution in [0.3, 0.4) is 0 Å². The van der Waals surface area contributed by atoms with Crippen LogP contribution in [0, 0.1) is 5.92 Å². The quantitative estimate of drug-likeness (QED) is 0.691. The van der Waals surface area contributed by atoms with Crippen molar-refractivity contribution < 1.29 is 4.74 Å². The Balaban J connectivity index is 2.00. The molecule has 1 aromatic carbocycles. The lowest BCUT2D eigenvalue weighted by Crippen LogP contribution is -1.95. The molecule has 1 aliphatic rings. The van der Waals surface area contributed by atoms with Gasteiger partial charge in [0.2, 0.25) is 0 Å². The van der Waals surface area contributed by atoms with Crippen molar-refractivity contribution in [1.82, 2.24) is 0 Å². The van der Waals surface area contributed by atoms with Gasteiger partial charge < -0.3 is 4.74 Å². The van der Waals surface area contributed by atoms with Crippen molar-refractivity contribution in [1.29, 1.82) is 0 Å². The van der Waals surface area contributed by atoms with Crippen LogP contribution in [0.25, 0.3) is 0 Å². The Morgan fingerprint density at radius 1 is 1.47 bits per heavy atom. The lowest BCUT2D eigenvalue weighted by molar-refractivity contribution is 0.317. The summed E-state index contributed by atoms with van der Waals surface area (Å²) < 4.78 is 5.61. The second kappa shape index (κ2) is 4.89. The van der Waals surface area contributed by atoms with Gasteiger partial charge in [0.1, 0.15) is 5.75 Å². The summed E-state index contributed by atoms with van der Waals surface area (Å²) in [6.45, 7) is 2.92. The first-order valence-corrected chi connectivity index (χ1v) is 6.17. The third-order valence-corrected chi connectivity index (χ3v) is 3.28. The summed E-state index contributed by atoms with van der Waals surface area (Å²) in [5.41, 5.74) is 1.38. The zero-order valence-corrected chi connectivity index (χ0v) is 9.83. The lowest BCUT2D eigenvalue weighted by Gasteiger charge is -2.06. The molecule has 0 aromatic heterocycles. The molecule has 1 aromatic rings. The predicted octanol–water partition coefficient (Wildman–Crippen LogP) is 3.82. The first kappa shape index (κ1) is 10.8. The number of halogens is 1. The molecule has 0 amide bonds. The maximum absolute atomic E-state index is 5.84. The van der Waals surface area contributed by atoms with Crippen molar-refractivity contribution in [3.63, 3.8) is 0 Å². The topological polar surface area (TPSA) is 9.23 Å². The molecule has 15 heavy (non-hydrogen) atoms. The van der Waals surface area contributed by atoms with E-state index >= 15 is 0 Å². The molecule has 0 heterocycles. The average Bonchev–Trinajstić information content (AvgIpc) is 3.06. The Morgan fingerprint density at radius 3 is 3.00 bits per heavy atom. The van der Waals surface area contributed by atoms with Crippen molar-refractivity contribution in [2.24, 2.45) is 5.92 Å². The Kier molecular flexibility index (Phi) is 3.53. The Bertz CT molecular complexity index is 324. The van der Waals surface area contributed by atoms with Crippen molar-refractivity contribution in [2.75, 3.05) is 12.5 Å². The first-order chi connectivity index (χ1) is 7.35. The van der Waals surface area contributed by atoms with Crippen molar-refractivity contribution in [2.45, 2.75) is 25.7 Å². The molecule has 1 fully saturated rings. The second-order valence-corrected chi connectivity index (χ2v) is 4.49. The van der Waals surface area contributed by atoms with Gasteiger partial charge in [-0.05, 0) is 42.4 Å². The maximum atomic E-state index is 5.84. The van der Waals surface area contributed by atoms with Gasteiger partial charge in [0.05, 0.1) is 6.61 Å². The van der Waals surface area contributed by atoms with E-state index in [1.807, 2.05) is 6.07 Å². The van der Waals surface area contributed by atoms with Crippen LogP contribution in [0.15, 0.2) is 24.3 Å². The van der Waals surface area contributed by atoms with Gasteiger partial charge in [0.15, 0.2) is 0 Å². The highest BCUT2D eigenvalue weighted by molar-refractivity contribution is 6.18. The molecule has 2 rings (SSSR count). The predicted molar refractivity (Wildman–Crippen MR) is 63.8 cm³/mol. The number of hydrogen-bond acceptors (Lipinski definition) is 1. The minimum absolute atomic E-state index is 0.674. The van der Waals surface area contributed by atoms with Crippen molar-refractivity contribution in [3.05, 3.63) is 29.8 Å². The summed E-state index contributed by atoms with van der Waals surface area (Å²) >= 11 is 5.84. The molecule has 0 aliphatic heterocycles. The molecule has 0 N–H and O–H groups in total. The van der Waals surface area contributed by atoms with E-state index in [2.05, 4.69) is 25.1 Å². The van der Waals surface area contributed by atoms with E-state index in [4.69, 9.17) is 16.3 Å². The summed E-state index contributed by atoms with van der Waals surface area (Å²) in [7, 11) is 0.